The van der Waals surface area contributed by atoms with Gasteiger partial charge in [-0.1, -0.05) is 29.8 Å². The van der Waals surface area contributed by atoms with Crippen molar-refractivity contribution >= 4 is 40.9 Å². The molecule has 28 heavy (non-hydrogen) atoms. The highest BCUT2D eigenvalue weighted by molar-refractivity contribution is 6.32. The number of amides is 2. The van der Waals surface area contributed by atoms with Crippen LogP contribution in [-0.4, -0.2) is 31.4 Å². The van der Waals surface area contributed by atoms with Crippen molar-refractivity contribution in [3.63, 3.8) is 0 Å². The van der Waals surface area contributed by atoms with Crippen LogP contribution in [0.1, 0.15) is 21.7 Å². The van der Waals surface area contributed by atoms with Crippen LogP contribution in [0.25, 0.3) is 6.08 Å². The minimum atomic E-state index is -0.403. The number of aryl methyl sites for hydroxylation is 2. The van der Waals surface area contributed by atoms with E-state index >= 15 is 0 Å². The fourth-order valence-electron chi connectivity index (χ4n) is 2.55. The minimum Gasteiger partial charge on any atom is -0.319 e. The van der Waals surface area contributed by atoms with Gasteiger partial charge in [-0.25, -0.2) is 0 Å². The summed E-state index contributed by atoms with van der Waals surface area (Å²) in [6, 6.07) is 7.17. The van der Waals surface area contributed by atoms with E-state index in [1.807, 2.05) is 19.1 Å². The lowest BCUT2D eigenvalue weighted by Crippen LogP contribution is -2.19. The molecule has 0 spiro atoms. The molecule has 2 heterocycles. The Morgan fingerprint density at radius 3 is 2.39 bits per heavy atom. The van der Waals surface area contributed by atoms with Crippen molar-refractivity contribution in [2.24, 2.45) is 14.1 Å². The van der Waals surface area contributed by atoms with E-state index in [1.165, 1.54) is 17.0 Å². The molecular weight excluding hydrogens is 380 g/mol. The fraction of sp³-hybridized carbons (Fsp3) is 0.158. The van der Waals surface area contributed by atoms with E-state index in [0.717, 1.165) is 11.3 Å². The number of nitrogens with one attached hydrogen (secondary N) is 2. The average Bonchev–Trinajstić information content (AvgIpc) is 3.17. The van der Waals surface area contributed by atoms with E-state index in [1.54, 1.807) is 43.2 Å². The third kappa shape index (κ3) is 4.12. The molecule has 0 fully saturated rings. The first-order valence-corrected chi connectivity index (χ1v) is 8.80. The number of rotatable bonds is 5. The normalized spacial score (nSPS) is 11.0. The summed E-state index contributed by atoms with van der Waals surface area (Å²) in [6.45, 7) is 1.84. The van der Waals surface area contributed by atoms with Crippen molar-refractivity contribution in [1.29, 1.82) is 0 Å². The third-order valence-corrected chi connectivity index (χ3v) is 4.56. The third-order valence-electron chi connectivity index (χ3n) is 4.21. The Labute approximate surface area is 166 Å². The summed E-state index contributed by atoms with van der Waals surface area (Å²) in [6.07, 6.45) is 5.94. The van der Waals surface area contributed by atoms with Gasteiger partial charge in [0.25, 0.3) is 5.91 Å². The molecule has 2 N–H and O–H groups in total. The Morgan fingerprint density at radius 1 is 1.04 bits per heavy atom. The zero-order valence-corrected chi connectivity index (χ0v) is 16.4. The summed E-state index contributed by atoms with van der Waals surface area (Å²) >= 11 is 6.07. The predicted molar refractivity (Wildman–Crippen MR) is 108 cm³/mol. The van der Waals surface area contributed by atoms with Crippen molar-refractivity contribution in [2.75, 3.05) is 10.6 Å². The van der Waals surface area contributed by atoms with E-state index in [4.69, 9.17) is 11.6 Å². The molecule has 0 bridgehead atoms. The van der Waals surface area contributed by atoms with Gasteiger partial charge in [0.1, 0.15) is 5.69 Å². The molecule has 3 rings (SSSR count). The van der Waals surface area contributed by atoms with Crippen molar-refractivity contribution in [1.82, 2.24) is 19.6 Å². The summed E-state index contributed by atoms with van der Waals surface area (Å²) in [5.41, 5.74) is 2.64. The summed E-state index contributed by atoms with van der Waals surface area (Å²) in [7, 11) is 3.41. The second kappa shape index (κ2) is 8.10. The monoisotopic (exact) mass is 398 g/mol. The second-order valence-electron chi connectivity index (χ2n) is 6.10. The molecule has 0 aliphatic heterocycles. The molecule has 0 unspecified atom stereocenters. The second-order valence-corrected chi connectivity index (χ2v) is 6.50. The predicted octanol–water partition coefficient (Wildman–Crippen LogP) is 3.02. The lowest BCUT2D eigenvalue weighted by molar-refractivity contribution is -0.111. The molecule has 3 aromatic rings. The Kier molecular flexibility index (Phi) is 5.60. The number of anilines is 2. The van der Waals surface area contributed by atoms with Gasteiger partial charge in [-0.2, -0.15) is 10.2 Å². The van der Waals surface area contributed by atoms with Gasteiger partial charge in [0.05, 0.1) is 29.5 Å². The first-order valence-electron chi connectivity index (χ1n) is 8.42. The zero-order chi connectivity index (χ0) is 20.3. The smallest absolute Gasteiger partial charge is 0.276 e. The fourth-order valence-corrected chi connectivity index (χ4v) is 2.75. The van der Waals surface area contributed by atoms with E-state index < -0.39 is 11.8 Å². The lowest BCUT2D eigenvalue weighted by atomic mass is 10.2. The highest BCUT2D eigenvalue weighted by atomic mass is 35.5. The number of hydrogen-bond donors (Lipinski definition) is 2. The van der Waals surface area contributed by atoms with Gasteiger partial charge >= 0.3 is 0 Å². The van der Waals surface area contributed by atoms with E-state index in [-0.39, 0.29) is 5.69 Å². The number of hydrogen-bond acceptors (Lipinski definition) is 4. The molecule has 8 nitrogen and oxygen atoms in total. The summed E-state index contributed by atoms with van der Waals surface area (Å²) in [5.74, 6) is -0.805. The van der Waals surface area contributed by atoms with Crippen molar-refractivity contribution in [2.45, 2.75) is 6.92 Å². The molecule has 0 saturated carbocycles. The highest BCUT2D eigenvalue weighted by Gasteiger charge is 2.19. The average molecular weight is 399 g/mol. The van der Waals surface area contributed by atoms with Gasteiger partial charge in [0, 0.05) is 25.2 Å². The Hall–Kier alpha value is -3.39. The van der Waals surface area contributed by atoms with E-state index in [0.29, 0.717) is 16.4 Å². The maximum atomic E-state index is 12.7. The van der Waals surface area contributed by atoms with Gasteiger partial charge < -0.3 is 10.6 Å². The van der Waals surface area contributed by atoms with Gasteiger partial charge in [0.15, 0.2) is 0 Å². The first-order chi connectivity index (χ1) is 13.4. The Bertz CT molecular complexity index is 1070. The summed E-state index contributed by atoms with van der Waals surface area (Å²) < 4.78 is 3.05. The minimum absolute atomic E-state index is 0.225. The van der Waals surface area contributed by atoms with Crippen LogP contribution in [0.2, 0.25) is 5.02 Å². The van der Waals surface area contributed by atoms with Crippen LogP contribution >= 0.6 is 11.6 Å². The van der Waals surface area contributed by atoms with Crippen LogP contribution in [0.3, 0.4) is 0 Å². The Morgan fingerprint density at radius 2 is 1.71 bits per heavy atom. The molecule has 2 aromatic heterocycles. The maximum absolute atomic E-state index is 12.7. The first kappa shape index (κ1) is 19.4. The number of nitrogens with zero attached hydrogens (tertiary/aromatic N) is 4. The molecule has 0 aliphatic rings. The molecule has 0 saturated heterocycles. The van der Waals surface area contributed by atoms with Crippen molar-refractivity contribution < 1.29 is 9.59 Å². The highest BCUT2D eigenvalue weighted by Crippen LogP contribution is 2.19. The molecule has 0 radical (unpaired) electrons. The number of aromatic nitrogens is 4. The zero-order valence-electron chi connectivity index (χ0n) is 15.6. The summed E-state index contributed by atoms with van der Waals surface area (Å²) in [4.78, 5) is 25.0. The molecule has 144 valence electrons. The topological polar surface area (TPSA) is 93.8 Å². The van der Waals surface area contributed by atoms with E-state index in [9.17, 15) is 9.59 Å². The van der Waals surface area contributed by atoms with Gasteiger partial charge in [0.2, 0.25) is 5.91 Å². The van der Waals surface area contributed by atoms with Gasteiger partial charge in [-0.15, -0.1) is 0 Å². The largest absolute Gasteiger partial charge is 0.319 e. The van der Waals surface area contributed by atoms with Gasteiger partial charge in [-0.3, -0.25) is 19.0 Å². The van der Waals surface area contributed by atoms with Crippen molar-refractivity contribution in [3.05, 3.63) is 64.7 Å². The SMILES string of the molecule is Cc1c(NC(=O)c2c(NC(=O)/C=C/c3ccccc3Cl)cnn2C)cnn1C. The van der Waals surface area contributed by atoms with Crippen LogP contribution in [0.15, 0.2) is 42.7 Å². The summed E-state index contributed by atoms with van der Waals surface area (Å²) in [5, 5.41) is 14.2. The molecule has 1 aromatic carbocycles. The quantitative estimate of drug-likeness (QED) is 0.646. The van der Waals surface area contributed by atoms with Crippen LogP contribution in [0, 0.1) is 6.92 Å². The van der Waals surface area contributed by atoms with Crippen LogP contribution in [-0.2, 0) is 18.9 Å². The molecular formula is C19H19ClN6O2. The molecule has 2 amide bonds. The molecule has 9 heteroatoms. The van der Waals surface area contributed by atoms with E-state index in [2.05, 4.69) is 20.8 Å². The number of benzene rings is 1. The standard InChI is InChI=1S/C19H19ClN6O2/c1-12-15(10-21-25(12)2)24-19(28)18-16(11-22-26(18)3)23-17(27)9-8-13-6-4-5-7-14(13)20/h4-11H,1-3H3,(H,23,27)(H,24,28)/b9-8+. The molecule has 0 aliphatic carbocycles. The number of carbonyl (C=O) groups is 2. The maximum Gasteiger partial charge on any atom is 0.276 e. The van der Waals surface area contributed by atoms with Crippen LogP contribution < -0.4 is 10.6 Å². The van der Waals surface area contributed by atoms with Crippen molar-refractivity contribution in [3.8, 4) is 0 Å². The molecule has 0 atom stereocenters. The number of halogens is 1. The van der Waals surface area contributed by atoms with Crippen LogP contribution in [0.4, 0.5) is 11.4 Å². The lowest BCUT2D eigenvalue weighted by Gasteiger charge is -2.08. The van der Waals surface area contributed by atoms with Gasteiger partial charge in [-0.05, 0) is 24.6 Å². The Balaban J connectivity index is 1.75. The van der Waals surface area contributed by atoms with Crippen LogP contribution in [0.5, 0.6) is 0 Å². The number of carbonyl (C=O) groups excluding carboxylic acids is 2.